The first kappa shape index (κ1) is 16.8. The van der Waals surface area contributed by atoms with E-state index in [4.69, 9.17) is 16.6 Å². The number of anilines is 1. The van der Waals surface area contributed by atoms with Gasteiger partial charge in [-0.25, -0.2) is 4.98 Å². The Labute approximate surface area is 157 Å². The third-order valence-electron chi connectivity index (χ3n) is 4.56. The summed E-state index contributed by atoms with van der Waals surface area (Å²) in [5, 5.41) is 10.5. The van der Waals surface area contributed by atoms with Gasteiger partial charge < -0.3 is 4.90 Å². The summed E-state index contributed by atoms with van der Waals surface area (Å²) in [6.45, 7) is 3.16. The monoisotopic (exact) mass is 365 g/mol. The lowest BCUT2D eigenvalue weighted by Gasteiger charge is -2.20. The van der Waals surface area contributed by atoms with E-state index in [0.29, 0.717) is 5.02 Å². The van der Waals surface area contributed by atoms with Gasteiger partial charge in [-0.05, 0) is 30.7 Å². The van der Waals surface area contributed by atoms with Crippen molar-refractivity contribution in [2.45, 2.75) is 19.8 Å². The second-order valence-corrected chi connectivity index (χ2v) is 6.84. The van der Waals surface area contributed by atoms with Crippen molar-refractivity contribution in [3.63, 3.8) is 0 Å². The molecule has 2 heterocycles. The average molecular weight is 366 g/mol. The van der Waals surface area contributed by atoms with E-state index in [2.05, 4.69) is 41.3 Å². The molecule has 4 rings (SSSR count). The molecule has 2 aromatic carbocycles. The molecule has 0 amide bonds. The highest BCUT2D eigenvalue weighted by Gasteiger charge is 2.17. The fourth-order valence-corrected chi connectivity index (χ4v) is 3.26. The van der Waals surface area contributed by atoms with E-state index >= 15 is 0 Å². The summed E-state index contributed by atoms with van der Waals surface area (Å²) in [4.78, 5) is 7.16. The van der Waals surface area contributed by atoms with Gasteiger partial charge in [-0.1, -0.05) is 54.4 Å². The molecule has 26 heavy (non-hydrogen) atoms. The molecule has 0 atom stereocenters. The van der Waals surface area contributed by atoms with Crippen LogP contribution in [0, 0.1) is 0 Å². The van der Waals surface area contributed by atoms with Crippen LogP contribution in [-0.4, -0.2) is 33.4 Å². The van der Waals surface area contributed by atoms with Gasteiger partial charge in [-0.3, -0.25) is 0 Å². The molecule has 0 aliphatic rings. The number of fused-ring (bicyclic) bond motifs is 3. The average Bonchev–Trinajstić information content (AvgIpc) is 3.10. The maximum absolute atomic E-state index is 6.02. The van der Waals surface area contributed by atoms with Crippen LogP contribution in [0.3, 0.4) is 0 Å². The second kappa shape index (κ2) is 6.92. The minimum absolute atomic E-state index is 0.698. The molecule has 0 aliphatic heterocycles. The molecule has 0 saturated heterocycles. The van der Waals surface area contributed by atoms with Crippen molar-refractivity contribution in [3.8, 4) is 11.3 Å². The molecule has 0 radical (unpaired) electrons. The molecular formula is C20H20ClN5. The third kappa shape index (κ3) is 2.88. The van der Waals surface area contributed by atoms with E-state index < -0.39 is 0 Å². The lowest BCUT2D eigenvalue weighted by atomic mass is 10.1. The Morgan fingerprint density at radius 2 is 1.85 bits per heavy atom. The van der Waals surface area contributed by atoms with Crippen LogP contribution in [0.25, 0.3) is 27.8 Å². The first-order chi connectivity index (χ1) is 12.7. The van der Waals surface area contributed by atoms with Crippen molar-refractivity contribution in [2.24, 2.45) is 0 Å². The fraction of sp³-hybridized carbons (Fsp3) is 0.250. The van der Waals surface area contributed by atoms with Crippen LogP contribution in [0.1, 0.15) is 19.8 Å². The van der Waals surface area contributed by atoms with Crippen LogP contribution in [0.4, 0.5) is 5.82 Å². The van der Waals surface area contributed by atoms with Gasteiger partial charge in [-0.15, -0.1) is 5.10 Å². The predicted molar refractivity (Wildman–Crippen MR) is 107 cm³/mol. The standard InChI is InChI=1S/C20H20ClN5/c1-3-4-13-25(2)19-16-7-5-6-8-17(16)26-20(22-19)18(23-24-26)14-9-11-15(21)12-10-14/h5-12H,3-4,13H2,1-2H3. The van der Waals surface area contributed by atoms with Crippen molar-refractivity contribution in [2.75, 3.05) is 18.5 Å². The molecule has 0 N–H and O–H groups in total. The topological polar surface area (TPSA) is 46.3 Å². The van der Waals surface area contributed by atoms with Crippen LogP contribution in [0.2, 0.25) is 5.02 Å². The van der Waals surface area contributed by atoms with Gasteiger partial charge in [0.2, 0.25) is 0 Å². The number of halogens is 1. The van der Waals surface area contributed by atoms with E-state index in [1.807, 2.05) is 40.9 Å². The summed E-state index contributed by atoms with van der Waals surface area (Å²) in [6.07, 6.45) is 2.27. The predicted octanol–water partition coefficient (Wildman–Crippen LogP) is 4.83. The molecule has 0 fully saturated rings. The molecule has 0 bridgehead atoms. The number of hydrogen-bond donors (Lipinski definition) is 0. The molecule has 2 aromatic heterocycles. The summed E-state index contributed by atoms with van der Waals surface area (Å²) in [5.41, 5.74) is 3.47. The lowest BCUT2D eigenvalue weighted by molar-refractivity contribution is 0.761. The molecule has 132 valence electrons. The van der Waals surface area contributed by atoms with Crippen LogP contribution >= 0.6 is 11.6 Å². The Bertz CT molecular complexity index is 1060. The molecule has 4 aromatic rings. The number of para-hydroxylation sites is 1. The van der Waals surface area contributed by atoms with Crippen LogP contribution in [-0.2, 0) is 0 Å². The highest BCUT2D eigenvalue weighted by atomic mass is 35.5. The maximum Gasteiger partial charge on any atom is 0.186 e. The maximum atomic E-state index is 6.02. The van der Waals surface area contributed by atoms with Gasteiger partial charge in [0.15, 0.2) is 5.65 Å². The summed E-state index contributed by atoms with van der Waals surface area (Å²) in [5.74, 6) is 0.957. The molecule has 5 nitrogen and oxygen atoms in total. The normalized spacial score (nSPS) is 11.3. The van der Waals surface area contributed by atoms with Gasteiger partial charge in [0.1, 0.15) is 11.5 Å². The zero-order valence-electron chi connectivity index (χ0n) is 14.9. The molecule has 0 spiro atoms. The van der Waals surface area contributed by atoms with Crippen molar-refractivity contribution < 1.29 is 0 Å². The number of unbranched alkanes of at least 4 members (excludes halogenated alkanes) is 1. The molecule has 0 unspecified atom stereocenters. The quantitative estimate of drug-likeness (QED) is 0.508. The zero-order chi connectivity index (χ0) is 18.1. The Balaban J connectivity index is 1.95. The van der Waals surface area contributed by atoms with Gasteiger partial charge in [0, 0.05) is 29.6 Å². The van der Waals surface area contributed by atoms with Crippen molar-refractivity contribution in [3.05, 3.63) is 53.6 Å². The van der Waals surface area contributed by atoms with Crippen LogP contribution < -0.4 is 4.90 Å². The van der Waals surface area contributed by atoms with Gasteiger partial charge in [0.25, 0.3) is 0 Å². The molecular weight excluding hydrogens is 346 g/mol. The van der Waals surface area contributed by atoms with Crippen molar-refractivity contribution >= 4 is 34.0 Å². The van der Waals surface area contributed by atoms with Gasteiger partial charge in [0.05, 0.1) is 5.52 Å². The van der Waals surface area contributed by atoms with E-state index in [1.165, 1.54) is 0 Å². The lowest BCUT2D eigenvalue weighted by Crippen LogP contribution is -2.20. The van der Waals surface area contributed by atoms with E-state index in [1.54, 1.807) is 0 Å². The summed E-state index contributed by atoms with van der Waals surface area (Å²) >= 11 is 6.02. The number of aromatic nitrogens is 4. The molecule has 0 saturated carbocycles. The SMILES string of the molecule is CCCCN(C)c1nc2c(-c3ccc(Cl)cc3)nnn2c2ccccc12. The fourth-order valence-electron chi connectivity index (χ4n) is 3.13. The number of rotatable bonds is 5. The summed E-state index contributed by atoms with van der Waals surface area (Å²) in [6, 6.07) is 15.8. The smallest absolute Gasteiger partial charge is 0.186 e. The second-order valence-electron chi connectivity index (χ2n) is 6.41. The number of hydrogen-bond acceptors (Lipinski definition) is 4. The Morgan fingerprint density at radius 3 is 2.62 bits per heavy atom. The largest absolute Gasteiger partial charge is 0.359 e. The van der Waals surface area contributed by atoms with E-state index in [-0.39, 0.29) is 0 Å². The highest BCUT2D eigenvalue weighted by Crippen LogP contribution is 2.30. The van der Waals surface area contributed by atoms with E-state index in [9.17, 15) is 0 Å². The van der Waals surface area contributed by atoms with Gasteiger partial charge >= 0.3 is 0 Å². The zero-order valence-corrected chi connectivity index (χ0v) is 15.6. The summed E-state index contributed by atoms with van der Waals surface area (Å²) < 4.78 is 1.82. The third-order valence-corrected chi connectivity index (χ3v) is 4.81. The van der Waals surface area contributed by atoms with Gasteiger partial charge in [-0.2, -0.15) is 4.52 Å². The minimum atomic E-state index is 0.698. The Kier molecular flexibility index (Phi) is 4.47. The first-order valence-electron chi connectivity index (χ1n) is 8.80. The van der Waals surface area contributed by atoms with Crippen molar-refractivity contribution in [1.82, 2.24) is 19.8 Å². The molecule has 0 aliphatic carbocycles. The molecule has 6 heteroatoms. The van der Waals surface area contributed by atoms with Crippen LogP contribution in [0.15, 0.2) is 48.5 Å². The van der Waals surface area contributed by atoms with Crippen molar-refractivity contribution in [1.29, 1.82) is 0 Å². The first-order valence-corrected chi connectivity index (χ1v) is 9.18. The highest BCUT2D eigenvalue weighted by molar-refractivity contribution is 6.30. The Hall–Kier alpha value is -2.66. The summed E-state index contributed by atoms with van der Waals surface area (Å²) in [7, 11) is 2.09. The Morgan fingerprint density at radius 1 is 1.08 bits per heavy atom. The number of benzene rings is 2. The van der Waals surface area contributed by atoms with Crippen LogP contribution in [0.5, 0.6) is 0 Å². The van der Waals surface area contributed by atoms with E-state index in [0.717, 1.165) is 53.0 Å². The minimum Gasteiger partial charge on any atom is -0.359 e. The number of nitrogens with zero attached hydrogens (tertiary/aromatic N) is 5.